The van der Waals surface area contributed by atoms with E-state index in [-0.39, 0.29) is 0 Å². The molecule has 2 heterocycles. The molecule has 0 radical (unpaired) electrons. The monoisotopic (exact) mass is 249 g/mol. The molecule has 0 spiro atoms. The van der Waals surface area contributed by atoms with Gasteiger partial charge in [0.15, 0.2) is 5.82 Å². The average Bonchev–Trinajstić information content (AvgIpc) is 2.78. The predicted molar refractivity (Wildman–Crippen MR) is 75.0 cm³/mol. The zero-order valence-electron chi connectivity index (χ0n) is 11.7. The molecular formula is C14H23N3O. The van der Waals surface area contributed by atoms with Gasteiger partial charge in [-0.1, -0.05) is 20.8 Å². The number of methoxy groups -OCH3 is 1. The van der Waals surface area contributed by atoms with Crippen LogP contribution in [-0.4, -0.2) is 25.2 Å². The Bertz CT molecular complexity index is 426. The highest BCUT2D eigenvalue weighted by molar-refractivity contribution is 5.64. The molecule has 0 aromatic carbocycles. The molecule has 4 heteroatoms. The summed E-state index contributed by atoms with van der Waals surface area (Å²) in [4.78, 5) is 6.74. The normalized spacial score (nSPS) is 20.2. The Labute approximate surface area is 109 Å². The van der Waals surface area contributed by atoms with E-state index >= 15 is 0 Å². The zero-order valence-corrected chi connectivity index (χ0v) is 11.7. The minimum absolute atomic E-state index is 0.336. The molecule has 1 aliphatic rings. The summed E-state index contributed by atoms with van der Waals surface area (Å²) in [5.74, 6) is 2.17. The molecule has 1 atom stereocenters. The van der Waals surface area contributed by atoms with Crippen LogP contribution in [0.5, 0.6) is 5.88 Å². The first-order chi connectivity index (χ1) is 8.41. The first-order valence-corrected chi connectivity index (χ1v) is 6.47. The van der Waals surface area contributed by atoms with Crippen molar-refractivity contribution >= 4 is 11.5 Å². The van der Waals surface area contributed by atoms with Crippen LogP contribution in [0.2, 0.25) is 0 Å². The predicted octanol–water partition coefficient (Wildman–Crippen LogP) is 2.54. The molecule has 2 rings (SSSR count). The van der Waals surface area contributed by atoms with E-state index < -0.39 is 0 Å². The van der Waals surface area contributed by atoms with Crippen LogP contribution in [0.4, 0.5) is 11.5 Å². The molecule has 1 unspecified atom stereocenters. The van der Waals surface area contributed by atoms with E-state index in [0.717, 1.165) is 24.6 Å². The van der Waals surface area contributed by atoms with Gasteiger partial charge in [-0.3, -0.25) is 0 Å². The highest BCUT2D eigenvalue weighted by Crippen LogP contribution is 2.36. The maximum atomic E-state index is 6.02. The number of nitrogen functional groups attached to an aromatic ring is 1. The van der Waals surface area contributed by atoms with Gasteiger partial charge >= 0.3 is 0 Å². The lowest BCUT2D eigenvalue weighted by atomic mass is 9.80. The maximum Gasteiger partial charge on any atom is 0.215 e. The molecule has 1 saturated heterocycles. The van der Waals surface area contributed by atoms with E-state index in [1.807, 2.05) is 6.07 Å². The Balaban J connectivity index is 2.19. The lowest BCUT2D eigenvalue weighted by Crippen LogP contribution is -2.27. The summed E-state index contributed by atoms with van der Waals surface area (Å²) in [5, 5.41) is 0. The first kappa shape index (κ1) is 13.0. The molecule has 2 N–H and O–H groups in total. The largest absolute Gasteiger partial charge is 0.481 e. The maximum absolute atomic E-state index is 6.02. The van der Waals surface area contributed by atoms with Crippen molar-refractivity contribution in [1.29, 1.82) is 0 Å². The summed E-state index contributed by atoms with van der Waals surface area (Å²) in [7, 11) is 1.63. The van der Waals surface area contributed by atoms with Gasteiger partial charge in [-0.25, -0.2) is 0 Å². The molecule has 18 heavy (non-hydrogen) atoms. The van der Waals surface area contributed by atoms with Gasteiger partial charge in [0.25, 0.3) is 0 Å². The van der Waals surface area contributed by atoms with Crippen LogP contribution < -0.4 is 15.4 Å². The van der Waals surface area contributed by atoms with Gasteiger partial charge in [-0.15, -0.1) is 0 Å². The Kier molecular flexibility index (Phi) is 3.37. The topological polar surface area (TPSA) is 51.4 Å². The summed E-state index contributed by atoms with van der Waals surface area (Å²) in [6, 6.07) is 3.67. The zero-order chi connectivity index (χ0) is 13.3. The van der Waals surface area contributed by atoms with Crippen molar-refractivity contribution in [2.75, 3.05) is 30.8 Å². The molecule has 1 aromatic heterocycles. The average molecular weight is 249 g/mol. The van der Waals surface area contributed by atoms with Gasteiger partial charge < -0.3 is 15.4 Å². The number of rotatable bonds is 2. The van der Waals surface area contributed by atoms with E-state index in [1.165, 1.54) is 6.42 Å². The lowest BCUT2D eigenvalue weighted by Gasteiger charge is -2.27. The van der Waals surface area contributed by atoms with Crippen LogP contribution in [0, 0.1) is 11.3 Å². The fraction of sp³-hybridized carbons (Fsp3) is 0.643. The van der Waals surface area contributed by atoms with E-state index in [0.29, 0.717) is 17.2 Å². The van der Waals surface area contributed by atoms with Crippen molar-refractivity contribution in [3.8, 4) is 5.88 Å². The van der Waals surface area contributed by atoms with Crippen LogP contribution in [0.25, 0.3) is 0 Å². The van der Waals surface area contributed by atoms with E-state index in [9.17, 15) is 0 Å². The third-order valence-corrected chi connectivity index (χ3v) is 3.80. The van der Waals surface area contributed by atoms with Crippen LogP contribution in [-0.2, 0) is 0 Å². The molecule has 100 valence electrons. The molecule has 0 saturated carbocycles. The molecule has 1 aliphatic heterocycles. The summed E-state index contributed by atoms with van der Waals surface area (Å²) >= 11 is 0. The Morgan fingerprint density at radius 3 is 2.67 bits per heavy atom. The molecule has 0 aliphatic carbocycles. The first-order valence-electron chi connectivity index (χ1n) is 6.47. The van der Waals surface area contributed by atoms with Crippen molar-refractivity contribution in [3.63, 3.8) is 0 Å². The van der Waals surface area contributed by atoms with Crippen molar-refractivity contribution in [2.45, 2.75) is 27.2 Å². The fourth-order valence-corrected chi connectivity index (χ4v) is 2.47. The van der Waals surface area contributed by atoms with Crippen LogP contribution in [0.3, 0.4) is 0 Å². The number of nitrogens with two attached hydrogens (primary N) is 1. The number of pyridine rings is 1. The van der Waals surface area contributed by atoms with Gasteiger partial charge in [0, 0.05) is 19.2 Å². The highest BCUT2D eigenvalue weighted by atomic mass is 16.5. The van der Waals surface area contributed by atoms with Crippen molar-refractivity contribution in [1.82, 2.24) is 4.98 Å². The molecular weight excluding hydrogens is 226 g/mol. The van der Waals surface area contributed by atoms with Crippen LogP contribution >= 0.6 is 0 Å². The Hall–Kier alpha value is -1.45. The van der Waals surface area contributed by atoms with Crippen LogP contribution in [0.1, 0.15) is 27.2 Å². The fourth-order valence-electron chi connectivity index (χ4n) is 2.47. The summed E-state index contributed by atoms with van der Waals surface area (Å²) in [6.07, 6.45) is 1.20. The summed E-state index contributed by atoms with van der Waals surface area (Å²) in [6.45, 7) is 8.93. The number of aromatic nitrogens is 1. The smallest absolute Gasteiger partial charge is 0.215 e. The third-order valence-electron chi connectivity index (χ3n) is 3.80. The Morgan fingerprint density at radius 2 is 2.11 bits per heavy atom. The molecule has 0 bridgehead atoms. The van der Waals surface area contributed by atoms with Gasteiger partial charge in [-0.2, -0.15) is 4.98 Å². The minimum Gasteiger partial charge on any atom is -0.481 e. The summed E-state index contributed by atoms with van der Waals surface area (Å²) < 4.78 is 5.17. The second-order valence-electron chi connectivity index (χ2n) is 6.06. The van der Waals surface area contributed by atoms with Crippen molar-refractivity contribution in [2.24, 2.45) is 11.3 Å². The minimum atomic E-state index is 0.336. The van der Waals surface area contributed by atoms with Gasteiger partial charge in [0.1, 0.15) is 0 Å². The van der Waals surface area contributed by atoms with Crippen molar-refractivity contribution in [3.05, 3.63) is 12.1 Å². The summed E-state index contributed by atoms with van der Waals surface area (Å²) in [5.41, 5.74) is 7.08. The number of hydrogen-bond acceptors (Lipinski definition) is 4. The lowest BCUT2D eigenvalue weighted by molar-refractivity contribution is 0.263. The van der Waals surface area contributed by atoms with E-state index in [1.54, 1.807) is 13.2 Å². The van der Waals surface area contributed by atoms with Crippen LogP contribution in [0.15, 0.2) is 12.1 Å². The standard InChI is InChI=1S/C14H23N3O/c1-14(2,3)10-7-8-17(9-10)13-11(15)5-6-12(16-13)18-4/h5-6,10H,7-9,15H2,1-4H3. The second-order valence-corrected chi connectivity index (χ2v) is 6.06. The van der Waals surface area contributed by atoms with E-state index in [2.05, 4.69) is 30.7 Å². The second kappa shape index (κ2) is 4.67. The quantitative estimate of drug-likeness (QED) is 0.875. The number of ether oxygens (including phenoxy) is 1. The van der Waals surface area contributed by atoms with Gasteiger partial charge in [0.05, 0.1) is 12.8 Å². The molecule has 0 amide bonds. The Morgan fingerprint density at radius 1 is 1.39 bits per heavy atom. The SMILES string of the molecule is COc1ccc(N)c(N2CCC(C(C)(C)C)C2)n1. The highest BCUT2D eigenvalue weighted by Gasteiger charge is 2.32. The number of hydrogen-bond donors (Lipinski definition) is 1. The molecule has 4 nitrogen and oxygen atoms in total. The number of anilines is 2. The van der Waals surface area contributed by atoms with E-state index in [4.69, 9.17) is 10.5 Å². The van der Waals surface area contributed by atoms with Gasteiger partial charge in [-0.05, 0) is 23.8 Å². The van der Waals surface area contributed by atoms with Gasteiger partial charge in [0.2, 0.25) is 5.88 Å². The third kappa shape index (κ3) is 2.52. The molecule has 1 fully saturated rings. The number of nitrogens with zero attached hydrogens (tertiary/aromatic N) is 2. The van der Waals surface area contributed by atoms with Crippen molar-refractivity contribution < 1.29 is 4.74 Å². The molecule has 1 aromatic rings.